The summed E-state index contributed by atoms with van der Waals surface area (Å²) in [5.74, 6) is -0.865. The number of benzene rings is 1. The molecule has 0 spiro atoms. The molecule has 0 aliphatic carbocycles. The molecular formula is C21H28N4O5S. The maximum Gasteiger partial charge on any atom is 0.320 e. The molecule has 10 heteroatoms. The Morgan fingerprint density at radius 1 is 1.13 bits per heavy atom. The number of nitrogens with one attached hydrogen (secondary N) is 1. The number of hydrogen-bond donors (Lipinski definition) is 1. The van der Waals surface area contributed by atoms with E-state index in [-0.39, 0.29) is 24.7 Å². The average Bonchev–Trinajstić information content (AvgIpc) is 3.00. The van der Waals surface area contributed by atoms with Crippen molar-refractivity contribution in [1.82, 2.24) is 20.0 Å². The zero-order valence-electron chi connectivity index (χ0n) is 17.8. The van der Waals surface area contributed by atoms with E-state index in [2.05, 4.69) is 10.4 Å². The van der Waals surface area contributed by atoms with Gasteiger partial charge < -0.3 is 10.1 Å². The fraction of sp³-hybridized carbons (Fsp3) is 0.476. The largest absolute Gasteiger partial charge is 0.455 e. The zero-order valence-corrected chi connectivity index (χ0v) is 18.7. The molecule has 1 amide bonds. The van der Waals surface area contributed by atoms with Crippen molar-refractivity contribution in [3.63, 3.8) is 0 Å². The lowest BCUT2D eigenvalue weighted by Gasteiger charge is -2.25. The third-order valence-electron chi connectivity index (χ3n) is 5.32. The van der Waals surface area contributed by atoms with Crippen LogP contribution in [0.1, 0.15) is 22.5 Å². The quantitative estimate of drug-likeness (QED) is 0.584. The summed E-state index contributed by atoms with van der Waals surface area (Å²) in [7, 11) is -3.00. The van der Waals surface area contributed by atoms with Crippen LogP contribution >= 0.6 is 0 Å². The third kappa shape index (κ3) is 6.63. The van der Waals surface area contributed by atoms with E-state index in [1.807, 2.05) is 48.9 Å². The minimum atomic E-state index is -3.00. The fourth-order valence-corrected chi connectivity index (χ4v) is 4.70. The van der Waals surface area contributed by atoms with Crippen LogP contribution in [0.5, 0.6) is 0 Å². The van der Waals surface area contributed by atoms with Crippen LogP contribution in [0.15, 0.2) is 30.3 Å². The number of carbonyl (C=O) groups is 2. The van der Waals surface area contributed by atoms with Crippen LogP contribution in [0, 0.1) is 13.8 Å². The minimum absolute atomic E-state index is 0.0206. The summed E-state index contributed by atoms with van der Waals surface area (Å²) in [6, 6.07) is 10.0. The lowest BCUT2D eigenvalue weighted by atomic mass is 10.2. The van der Waals surface area contributed by atoms with E-state index in [1.165, 1.54) is 0 Å². The molecule has 1 fully saturated rings. The highest BCUT2D eigenvalue weighted by atomic mass is 32.2. The van der Waals surface area contributed by atoms with Gasteiger partial charge in [0.1, 0.15) is 0 Å². The Morgan fingerprint density at radius 2 is 1.81 bits per heavy atom. The highest BCUT2D eigenvalue weighted by Crippen LogP contribution is 2.14. The van der Waals surface area contributed by atoms with Crippen LogP contribution < -0.4 is 5.32 Å². The molecule has 0 saturated carbocycles. The number of ether oxygens (including phenoxy) is 1. The minimum Gasteiger partial charge on any atom is -0.455 e. The fourth-order valence-electron chi connectivity index (χ4n) is 3.42. The number of aryl methyl sites for hydroxylation is 1. The van der Waals surface area contributed by atoms with Gasteiger partial charge in [0.05, 0.1) is 30.3 Å². The van der Waals surface area contributed by atoms with Gasteiger partial charge in [0, 0.05) is 30.9 Å². The smallest absolute Gasteiger partial charge is 0.320 e. The van der Waals surface area contributed by atoms with Crippen molar-refractivity contribution in [2.24, 2.45) is 0 Å². The summed E-state index contributed by atoms with van der Waals surface area (Å²) in [6.07, 6.45) is 0. The van der Waals surface area contributed by atoms with Gasteiger partial charge in [0.15, 0.2) is 16.4 Å². The molecule has 0 bridgehead atoms. The topological polar surface area (TPSA) is 111 Å². The molecule has 1 N–H and O–H groups in total. The number of aromatic nitrogens is 2. The van der Waals surface area contributed by atoms with Crippen molar-refractivity contribution in [2.75, 3.05) is 37.7 Å². The van der Waals surface area contributed by atoms with Gasteiger partial charge in [0.2, 0.25) is 0 Å². The van der Waals surface area contributed by atoms with Crippen molar-refractivity contribution in [3.8, 4) is 0 Å². The van der Waals surface area contributed by atoms with Crippen molar-refractivity contribution in [1.29, 1.82) is 0 Å². The van der Waals surface area contributed by atoms with Gasteiger partial charge in [-0.15, -0.1) is 0 Å². The first-order valence-corrected chi connectivity index (χ1v) is 12.0. The molecule has 1 saturated heterocycles. The van der Waals surface area contributed by atoms with Crippen LogP contribution in [0.2, 0.25) is 0 Å². The molecule has 0 unspecified atom stereocenters. The number of rotatable bonds is 8. The van der Waals surface area contributed by atoms with Gasteiger partial charge in [-0.3, -0.25) is 19.2 Å². The molecule has 0 atom stereocenters. The van der Waals surface area contributed by atoms with E-state index in [1.54, 1.807) is 4.90 Å². The lowest BCUT2D eigenvalue weighted by molar-refractivity contribution is -0.149. The van der Waals surface area contributed by atoms with E-state index in [0.717, 1.165) is 22.5 Å². The van der Waals surface area contributed by atoms with E-state index in [4.69, 9.17) is 4.74 Å². The molecule has 31 heavy (non-hydrogen) atoms. The van der Waals surface area contributed by atoms with Crippen molar-refractivity contribution in [2.45, 2.75) is 26.9 Å². The molecule has 9 nitrogen and oxygen atoms in total. The van der Waals surface area contributed by atoms with E-state index < -0.39 is 21.7 Å². The van der Waals surface area contributed by atoms with Crippen LogP contribution in [0.25, 0.3) is 0 Å². The van der Waals surface area contributed by atoms with E-state index in [9.17, 15) is 18.0 Å². The second-order valence-corrected chi connectivity index (χ2v) is 9.96. The monoisotopic (exact) mass is 448 g/mol. The summed E-state index contributed by atoms with van der Waals surface area (Å²) in [5.41, 5.74) is 3.89. The number of nitrogens with zero attached hydrogens (tertiary/aromatic N) is 3. The van der Waals surface area contributed by atoms with Gasteiger partial charge in [-0.1, -0.05) is 30.3 Å². The molecule has 168 valence electrons. The van der Waals surface area contributed by atoms with Crippen molar-refractivity contribution in [3.05, 3.63) is 52.8 Å². The number of amides is 1. The Bertz CT molecular complexity index is 1020. The number of sulfone groups is 1. The SMILES string of the molecule is Cc1nn(Cc2ccccc2)c(C)c1CNC(=O)COC(=O)CN1CCS(=O)(=O)CC1. The predicted octanol–water partition coefficient (Wildman–Crippen LogP) is 0.438. The number of esters is 1. The summed E-state index contributed by atoms with van der Waals surface area (Å²) in [6.45, 7) is 5.01. The van der Waals surface area contributed by atoms with Crippen LogP contribution in [-0.2, 0) is 37.3 Å². The maximum atomic E-state index is 12.1. The molecule has 2 heterocycles. The van der Waals surface area contributed by atoms with Crippen molar-refractivity contribution >= 4 is 21.7 Å². The molecule has 0 radical (unpaired) electrons. The van der Waals surface area contributed by atoms with E-state index in [0.29, 0.717) is 26.2 Å². The summed E-state index contributed by atoms with van der Waals surface area (Å²) < 4.78 is 29.8. The number of hydrogen-bond acceptors (Lipinski definition) is 7. The van der Waals surface area contributed by atoms with Crippen molar-refractivity contribution < 1.29 is 22.7 Å². The van der Waals surface area contributed by atoms with Crippen LogP contribution in [-0.4, -0.2) is 72.7 Å². The Balaban J connectivity index is 1.44. The highest BCUT2D eigenvalue weighted by Gasteiger charge is 2.23. The lowest BCUT2D eigenvalue weighted by Crippen LogP contribution is -2.43. The summed E-state index contributed by atoms with van der Waals surface area (Å²) in [5, 5.41) is 7.33. The predicted molar refractivity (Wildman–Crippen MR) is 115 cm³/mol. The molecule has 3 rings (SSSR count). The Hall–Kier alpha value is -2.72. The molecule has 2 aromatic rings. The van der Waals surface area contributed by atoms with Crippen LogP contribution in [0.4, 0.5) is 0 Å². The molecule has 1 aliphatic heterocycles. The van der Waals surface area contributed by atoms with Gasteiger partial charge >= 0.3 is 5.97 Å². The standard InChI is InChI=1S/C21H28N4O5S/c1-16-19(17(2)25(23-16)13-18-6-4-3-5-7-18)12-22-20(26)15-30-21(27)14-24-8-10-31(28,29)11-9-24/h3-7H,8-15H2,1-2H3,(H,22,26). The molecular weight excluding hydrogens is 420 g/mol. The Morgan fingerprint density at radius 3 is 2.48 bits per heavy atom. The zero-order chi connectivity index (χ0) is 22.4. The normalized spacial score (nSPS) is 16.1. The van der Waals surface area contributed by atoms with Crippen LogP contribution in [0.3, 0.4) is 0 Å². The number of carbonyl (C=O) groups excluding carboxylic acids is 2. The Labute approximate surface area is 182 Å². The van der Waals surface area contributed by atoms with Gasteiger partial charge in [-0.2, -0.15) is 5.10 Å². The maximum absolute atomic E-state index is 12.1. The molecule has 1 aromatic heterocycles. The second-order valence-electron chi connectivity index (χ2n) is 7.66. The Kier molecular flexibility index (Phi) is 7.45. The summed E-state index contributed by atoms with van der Waals surface area (Å²) in [4.78, 5) is 25.8. The first-order chi connectivity index (χ1) is 14.7. The highest BCUT2D eigenvalue weighted by molar-refractivity contribution is 7.91. The average molecular weight is 449 g/mol. The van der Waals surface area contributed by atoms with E-state index >= 15 is 0 Å². The second kappa shape index (κ2) is 10.1. The van der Waals surface area contributed by atoms with Gasteiger partial charge in [-0.05, 0) is 19.4 Å². The molecule has 1 aromatic carbocycles. The van der Waals surface area contributed by atoms with Gasteiger partial charge in [-0.25, -0.2) is 8.42 Å². The van der Waals surface area contributed by atoms with Gasteiger partial charge in [0.25, 0.3) is 5.91 Å². The molecule has 1 aliphatic rings. The summed E-state index contributed by atoms with van der Waals surface area (Å²) >= 11 is 0. The first kappa shape index (κ1) is 23.0. The third-order valence-corrected chi connectivity index (χ3v) is 6.93. The first-order valence-electron chi connectivity index (χ1n) is 10.2.